The van der Waals surface area contributed by atoms with Gasteiger partial charge >= 0.3 is 0 Å². The van der Waals surface area contributed by atoms with Crippen molar-refractivity contribution in [3.05, 3.63) is 76.4 Å². The Hall–Kier alpha value is -2.80. The van der Waals surface area contributed by atoms with Crippen LogP contribution in [-0.4, -0.2) is 47.3 Å². The second-order valence-corrected chi connectivity index (χ2v) is 8.32. The smallest absolute Gasteiger partial charge is 0.262 e. The summed E-state index contributed by atoms with van der Waals surface area (Å²) in [5.74, 6) is 0.739. The van der Waals surface area contributed by atoms with E-state index >= 15 is 0 Å². The number of rotatable bonds is 5. The minimum absolute atomic E-state index is 0.0386. The molecule has 152 valence electrons. The van der Waals surface area contributed by atoms with Gasteiger partial charge in [0, 0.05) is 31.7 Å². The number of nitrogens with zero attached hydrogens (tertiary/aromatic N) is 3. The predicted molar refractivity (Wildman–Crippen MR) is 122 cm³/mol. The highest BCUT2D eigenvalue weighted by Crippen LogP contribution is 2.25. The fraction of sp³-hybridized carbons (Fsp3) is 0.250. The maximum Gasteiger partial charge on any atom is 0.262 e. The van der Waals surface area contributed by atoms with Gasteiger partial charge in [-0.25, -0.2) is 4.98 Å². The standard InChI is InChI=1S/C24H23N3O2S/c28-24-21-10-17-30-23(21)25-22(27(24)12-11-26-13-15-29-16-14-26)20-8-6-19(7-9-20)18-4-2-1-3-5-18/h1-10,17H,11-16H2. The quantitative estimate of drug-likeness (QED) is 0.490. The third kappa shape index (κ3) is 3.81. The predicted octanol–water partition coefficient (Wildman–Crippen LogP) is 4.12. The number of thiophene rings is 1. The third-order valence-electron chi connectivity index (χ3n) is 5.58. The fourth-order valence-corrected chi connectivity index (χ4v) is 4.64. The largest absolute Gasteiger partial charge is 0.379 e. The van der Waals surface area contributed by atoms with Gasteiger partial charge in [-0.2, -0.15) is 0 Å². The van der Waals surface area contributed by atoms with Crippen molar-refractivity contribution in [2.75, 3.05) is 32.8 Å². The SMILES string of the molecule is O=c1c2ccsc2nc(-c2ccc(-c3ccccc3)cc2)n1CCN1CCOCC1. The van der Waals surface area contributed by atoms with E-state index in [4.69, 9.17) is 9.72 Å². The van der Waals surface area contributed by atoms with E-state index in [0.29, 0.717) is 11.9 Å². The van der Waals surface area contributed by atoms with Gasteiger partial charge in [0.15, 0.2) is 0 Å². The molecule has 1 fully saturated rings. The summed E-state index contributed by atoms with van der Waals surface area (Å²) in [5, 5.41) is 2.64. The monoisotopic (exact) mass is 417 g/mol. The molecule has 0 saturated carbocycles. The number of ether oxygens (including phenoxy) is 1. The van der Waals surface area contributed by atoms with Crippen molar-refractivity contribution >= 4 is 21.6 Å². The summed E-state index contributed by atoms with van der Waals surface area (Å²) in [5.41, 5.74) is 3.33. The van der Waals surface area contributed by atoms with E-state index in [0.717, 1.165) is 54.6 Å². The van der Waals surface area contributed by atoms with Gasteiger partial charge in [-0.15, -0.1) is 11.3 Å². The van der Waals surface area contributed by atoms with Gasteiger partial charge in [0.1, 0.15) is 10.7 Å². The van der Waals surface area contributed by atoms with E-state index in [1.54, 1.807) is 0 Å². The molecule has 0 spiro atoms. The third-order valence-corrected chi connectivity index (χ3v) is 6.38. The molecule has 30 heavy (non-hydrogen) atoms. The zero-order chi connectivity index (χ0) is 20.3. The number of morpholine rings is 1. The molecule has 0 bridgehead atoms. The van der Waals surface area contributed by atoms with E-state index in [1.807, 2.05) is 34.2 Å². The minimum Gasteiger partial charge on any atom is -0.379 e. The van der Waals surface area contributed by atoms with Gasteiger partial charge < -0.3 is 4.74 Å². The summed E-state index contributed by atoms with van der Waals surface area (Å²) in [4.78, 5) is 21.2. The van der Waals surface area contributed by atoms with Gasteiger partial charge in [0.05, 0.1) is 18.6 Å². The molecular weight excluding hydrogens is 394 g/mol. The van der Waals surface area contributed by atoms with Crippen molar-refractivity contribution in [3.8, 4) is 22.5 Å². The molecule has 1 aliphatic heterocycles. The highest BCUT2D eigenvalue weighted by Gasteiger charge is 2.16. The van der Waals surface area contributed by atoms with Gasteiger partial charge in [-0.05, 0) is 22.6 Å². The Balaban J connectivity index is 1.51. The average molecular weight is 418 g/mol. The highest BCUT2D eigenvalue weighted by molar-refractivity contribution is 7.16. The summed E-state index contributed by atoms with van der Waals surface area (Å²) in [6.07, 6.45) is 0. The summed E-state index contributed by atoms with van der Waals surface area (Å²) in [6.45, 7) is 4.76. The molecule has 2 aromatic heterocycles. The first-order valence-corrected chi connectivity index (χ1v) is 11.1. The number of hydrogen-bond acceptors (Lipinski definition) is 5. The van der Waals surface area contributed by atoms with Crippen molar-refractivity contribution in [2.45, 2.75) is 6.54 Å². The lowest BCUT2D eigenvalue weighted by Gasteiger charge is -2.27. The summed E-state index contributed by atoms with van der Waals surface area (Å²) < 4.78 is 7.28. The summed E-state index contributed by atoms with van der Waals surface area (Å²) in [7, 11) is 0. The van der Waals surface area contributed by atoms with Crippen molar-refractivity contribution in [3.63, 3.8) is 0 Å². The summed E-state index contributed by atoms with van der Waals surface area (Å²) >= 11 is 1.51. The number of hydrogen-bond donors (Lipinski definition) is 0. The van der Waals surface area contributed by atoms with Crippen molar-refractivity contribution < 1.29 is 4.74 Å². The van der Waals surface area contributed by atoms with Crippen LogP contribution in [0.25, 0.3) is 32.7 Å². The van der Waals surface area contributed by atoms with Crippen LogP contribution in [0, 0.1) is 0 Å². The molecule has 3 heterocycles. The van der Waals surface area contributed by atoms with Crippen molar-refractivity contribution in [1.82, 2.24) is 14.5 Å². The Labute approximate surface area is 179 Å². The van der Waals surface area contributed by atoms with E-state index in [1.165, 1.54) is 16.9 Å². The minimum atomic E-state index is 0.0386. The Morgan fingerprint density at radius 3 is 2.33 bits per heavy atom. The molecule has 0 amide bonds. The molecule has 1 aliphatic rings. The molecule has 0 unspecified atom stereocenters. The molecule has 0 radical (unpaired) electrons. The Morgan fingerprint density at radius 1 is 0.867 bits per heavy atom. The van der Waals surface area contributed by atoms with Gasteiger partial charge in [0.2, 0.25) is 0 Å². The first-order valence-electron chi connectivity index (χ1n) is 10.2. The highest BCUT2D eigenvalue weighted by atomic mass is 32.1. The van der Waals surface area contributed by atoms with Crippen LogP contribution in [-0.2, 0) is 11.3 Å². The van der Waals surface area contributed by atoms with Crippen LogP contribution < -0.4 is 5.56 Å². The second kappa shape index (κ2) is 8.52. The number of benzene rings is 2. The maximum atomic E-state index is 13.2. The van der Waals surface area contributed by atoms with Crippen LogP contribution in [0.15, 0.2) is 70.8 Å². The van der Waals surface area contributed by atoms with Crippen LogP contribution in [0.3, 0.4) is 0 Å². The molecule has 0 N–H and O–H groups in total. The molecule has 6 heteroatoms. The molecule has 4 aromatic rings. The molecule has 0 atom stereocenters. The van der Waals surface area contributed by atoms with Crippen LogP contribution >= 0.6 is 11.3 Å². The lowest BCUT2D eigenvalue weighted by atomic mass is 10.0. The van der Waals surface area contributed by atoms with Gasteiger partial charge in [-0.3, -0.25) is 14.3 Å². The van der Waals surface area contributed by atoms with Gasteiger partial charge in [0.25, 0.3) is 5.56 Å². The zero-order valence-electron chi connectivity index (χ0n) is 16.7. The first-order chi connectivity index (χ1) is 14.8. The normalized spacial score (nSPS) is 14.9. The van der Waals surface area contributed by atoms with E-state index in [9.17, 15) is 4.79 Å². The molecule has 2 aromatic carbocycles. The van der Waals surface area contributed by atoms with Crippen LogP contribution in [0.1, 0.15) is 0 Å². The first kappa shape index (κ1) is 19.2. The Bertz CT molecular complexity index is 1190. The van der Waals surface area contributed by atoms with E-state index in [-0.39, 0.29) is 5.56 Å². The Kier molecular flexibility index (Phi) is 5.45. The van der Waals surface area contributed by atoms with Crippen molar-refractivity contribution in [2.24, 2.45) is 0 Å². The molecule has 5 nitrogen and oxygen atoms in total. The van der Waals surface area contributed by atoms with E-state index < -0.39 is 0 Å². The zero-order valence-corrected chi connectivity index (χ0v) is 17.5. The molecule has 0 aliphatic carbocycles. The molecule has 5 rings (SSSR count). The second-order valence-electron chi connectivity index (χ2n) is 7.43. The van der Waals surface area contributed by atoms with Crippen LogP contribution in [0.4, 0.5) is 0 Å². The summed E-state index contributed by atoms with van der Waals surface area (Å²) in [6, 6.07) is 20.5. The number of fused-ring (bicyclic) bond motifs is 1. The molecule has 1 saturated heterocycles. The van der Waals surface area contributed by atoms with Crippen molar-refractivity contribution in [1.29, 1.82) is 0 Å². The fourth-order valence-electron chi connectivity index (χ4n) is 3.89. The van der Waals surface area contributed by atoms with Gasteiger partial charge in [-0.1, -0.05) is 54.6 Å². The van der Waals surface area contributed by atoms with Crippen LogP contribution in [0.2, 0.25) is 0 Å². The lowest BCUT2D eigenvalue weighted by molar-refractivity contribution is 0.0363. The van der Waals surface area contributed by atoms with Crippen LogP contribution in [0.5, 0.6) is 0 Å². The van der Waals surface area contributed by atoms with E-state index in [2.05, 4.69) is 41.3 Å². The molecular formula is C24H23N3O2S. The average Bonchev–Trinajstić information content (AvgIpc) is 3.29. The Morgan fingerprint density at radius 2 is 1.57 bits per heavy atom. The lowest BCUT2D eigenvalue weighted by Crippen LogP contribution is -2.39. The maximum absolute atomic E-state index is 13.2. The number of aromatic nitrogens is 2. The topological polar surface area (TPSA) is 47.4 Å².